The summed E-state index contributed by atoms with van der Waals surface area (Å²) in [5.74, 6) is 0.456. The molecule has 1 aliphatic rings. The smallest absolute Gasteiger partial charge is 0.260 e. The summed E-state index contributed by atoms with van der Waals surface area (Å²) >= 11 is 0. The van der Waals surface area contributed by atoms with Crippen molar-refractivity contribution in [1.29, 1.82) is 0 Å². The predicted molar refractivity (Wildman–Crippen MR) is 130 cm³/mol. The summed E-state index contributed by atoms with van der Waals surface area (Å²) in [5.41, 5.74) is 0.976. The third-order valence-electron chi connectivity index (χ3n) is 6.12. The second-order valence-corrected chi connectivity index (χ2v) is 8.57. The lowest BCUT2D eigenvalue weighted by molar-refractivity contribution is -0.135. The third kappa shape index (κ3) is 5.21. The van der Waals surface area contributed by atoms with Crippen molar-refractivity contribution in [2.45, 2.75) is 13.1 Å². The maximum absolute atomic E-state index is 12.6. The number of nitrogens with zero attached hydrogens (tertiary/aromatic N) is 3. The van der Waals surface area contributed by atoms with Crippen LogP contribution in [0.2, 0.25) is 0 Å². The van der Waals surface area contributed by atoms with Crippen LogP contribution in [-0.2, 0) is 17.9 Å². The van der Waals surface area contributed by atoms with Crippen LogP contribution in [0, 0.1) is 0 Å². The topological polar surface area (TPSA) is 67.9 Å². The van der Waals surface area contributed by atoms with Crippen LogP contribution in [0.4, 0.5) is 0 Å². The maximum atomic E-state index is 12.6. The highest BCUT2D eigenvalue weighted by molar-refractivity contribution is 5.82. The van der Waals surface area contributed by atoms with Crippen molar-refractivity contribution in [3.8, 4) is 5.75 Å². The van der Waals surface area contributed by atoms with E-state index in [-0.39, 0.29) is 23.7 Å². The molecule has 7 heteroatoms. The van der Waals surface area contributed by atoms with Gasteiger partial charge in [0.05, 0.1) is 6.54 Å². The zero-order valence-corrected chi connectivity index (χ0v) is 18.9. The maximum Gasteiger partial charge on any atom is 0.260 e. The molecule has 7 nitrogen and oxygen atoms in total. The summed E-state index contributed by atoms with van der Waals surface area (Å²) in [5, 5.41) is 2.26. The Labute approximate surface area is 197 Å². The molecule has 0 spiro atoms. The van der Waals surface area contributed by atoms with Gasteiger partial charge in [-0.2, -0.15) is 0 Å². The predicted octanol–water partition coefficient (Wildman–Crippen LogP) is 3.37. The summed E-state index contributed by atoms with van der Waals surface area (Å²) in [6.45, 7) is 4.06. The molecule has 1 saturated heterocycles. The normalized spacial score (nSPS) is 14.4. The van der Waals surface area contributed by atoms with E-state index >= 15 is 0 Å². The van der Waals surface area contributed by atoms with Gasteiger partial charge in [-0.3, -0.25) is 14.5 Å². The van der Waals surface area contributed by atoms with Crippen molar-refractivity contribution in [1.82, 2.24) is 14.4 Å². The second-order valence-electron chi connectivity index (χ2n) is 8.57. The van der Waals surface area contributed by atoms with Gasteiger partial charge in [0.2, 0.25) is 11.2 Å². The van der Waals surface area contributed by atoms with E-state index in [1.165, 1.54) is 17.9 Å². The molecule has 2 aromatic heterocycles. The Balaban J connectivity index is 1.12. The average molecular weight is 458 g/mol. The Hall–Kier alpha value is -3.84. The van der Waals surface area contributed by atoms with Gasteiger partial charge in [0.1, 0.15) is 12.0 Å². The molecule has 1 fully saturated rings. The summed E-state index contributed by atoms with van der Waals surface area (Å²) < 4.78 is 13.1. The Morgan fingerprint density at radius 3 is 2.24 bits per heavy atom. The lowest BCUT2D eigenvalue weighted by Gasteiger charge is -2.34. The molecule has 5 rings (SSSR count). The van der Waals surface area contributed by atoms with E-state index in [4.69, 9.17) is 9.15 Å². The van der Waals surface area contributed by atoms with Gasteiger partial charge >= 0.3 is 0 Å². The lowest BCUT2D eigenvalue weighted by Crippen LogP contribution is -2.49. The van der Waals surface area contributed by atoms with Crippen LogP contribution in [0.25, 0.3) is 10.8 Å². The van der Waals surface area contributed by atoms with Crippen LogP contribution in [0.3, 0.4) is 0 Å². The number of aromatic nitrogens is 1. The van der Waals surface area contributed by atoms with Crippen LogP contribution in [0.1, 0.15) is 11.3 Å². The summed E-state index contributed by atoms with van der Waals surface area (Å²) in [7, 11) is 0. The average Bonchev–Trinajstić information content (AvgIpc) is 3.27. The van der Waals surface area contributed by atoms with Crippen molar-refractivity contribution < 1.29 is 13.9 Å². The SMILES string of the molecule is O=C(COc1coc(Cn2cc3ccccc3c2)cc1=O)N1CCN(Cc2ccccc2)CC1. The van der Waals surface area contributed by atoms with Gasteiger partial charge in [-0.1, -0.05) is 54.6 Å². The fraction of sp³-hybridized carbons (Fsp3) is 0.259. The van der Waals surface area contributed by atoms with Crippen molar-refractivity contribution in [3.63, 3.8) is 0 Å². The number of ether oxygens (including phenoxy) is 1. The molecule has 3 heterocycles. The zero-order valence-electron chi connectivity index (χ0n) is 18.9. The fourth-order valence-corrected chi connectivity index (χ4v) is 4.27. The van der Waals surface area contributed by atoms with E-state index in [0.717, 1.165) is 30.4 Å². The van der Waals surface area contributed by atoms with Gasteiger partial charge in [-0.25, -0.2) is 0 Å². The van der Waals surface area contributed by atoms with Crippen LogP contribution < -0.4 is 10.2 Å². The molecule has 0 unspecified atom stereocenters. The minimum Gasteiger partial charge on any atom is -0.477 e. The minimum atomic E-state index is -0.293. The van der Waals surface area contributed by atoms with E-state index in [9.17, 15) is 9.59 Å². The zero-order chi connectivity index (χ0) is 23.3. The van der Waals surface area contributed by atoms with Gasteiger partial charge in [0.25, 0.3) is 5.91 Å². The number of carbonyl (C=O) groups excluding carboxylic acids is 1. The van der Waals surface area contributed by atoms with Gasteiger partial charge in [0.15, 0.2) is 6.61 Å². The van der Waals surface area contributed by atoms with Crippen LogP contribution in [0.5, 0.6) is 5.75 Å². The van der Waals surface area contributed by atoms with Crippen LogP contribution >= 0.6 is 0 Å². The molecular formula is C27H27N3O4. The Morgan fingerprint density at radius 2 is 1.56 bits per heavy atom. The van der Waals surface area contributed by atoms with Gasteiger partial charge in [-0.05, 0) is 16.3 Å². The minimum absolute atomic E-state index is 0.0532. The Morgan fingerprint density at radius 1 is 0.882 bits per heavy atom. The second kappa shape index (κ2) is 9.97. The van der Waals surface area contributed by atoms with E-state index in [0.29, 0.717) is 25.4 Å². The molecule has 174 valence electrons. The van der Waals surface area contributed by atoms with Gasteiger partial charge < -0.3 is 18.6 Å². The quantitative estimate of drug-likeness (QED) is 0.426. The number of rotatable bonds is 7. The highest BCUT2D eigenvalue weighted by Crippen LogP contribution is 2.16. The molecule has 0 saturated carbocycles. The van der Waals surface area contributed by atoms with Crippen molar-refractivity contribution in [2.75, 3.05) is 32.8 Å². The Kier molecular flexibility index (Phi) is 6.44. The van der Waals surface area contributed by atoms with Crippen LogP contribution in [0.15, 0.2) is 88.5 Å². The molecule has 4 aromatic rings. The van der Waals surface area contributed by atoms with Crippen molar-refractivity contribution in [2.24, 2.45) is 0 Å². The molecule has 0 bridgehead atoms. The van der Waals surface area contributed by atoms with E-state index in [2.05, 4.69) is 17.0 Å². The molecule has 34 heavy (non-hydrogen) atoms. The molecule has 1 aliphatic heterocycles. The molecule has 0 radical (unpaired) electrons. The van der Waals surface area contributed by atoms with Gasteiger partial charge in [0, 0.05) is 51.2 Å². The molecule has 0 N–H and O–H groups in total. The monoisotopic (exact) mass is 457 g/mol. The van der Waals surface area contributed by atoms with E-state index in [1.807, 2.05) is 59.4 Å². The molecule has 2 aromatic carbocycles. The van der Waals surface area contributed by atoms with Crippen LogP contribution in [-0.4, -0.2) is 53.1 Å². The molecular weight excluding hydrogens is 430 g/mol. The number of hydrogen-bond donors (Lipinski definition) is 0. The Bertz CT molecular complexity index is 1290. The van der Waals surface area contributed by atoms with Crippen molar-refractivity contribution in [3.05, 3.63) is 101 Å². The van der Waals surface area contributed by atoms with Crippen molar-refractivity contribution >= 4 is 16.7 Å². The highest BCUT2D eigenvalue weighted by Gasteiger charge is 2.22. The third-order valence-corrected chi connectivity index (χ3v) is 6.12. The largest absolute Gasteiger partial charge is 0.477 e. The van der Waals surface area contributed by atoms with E-state index < -0.39 is 0 Å². The number of hydrogen-bond acceptors (Lipinski definition) is 5. The number of fused-ring (bicyclic) bond motifs is 1. The summed E-state index contributed by atoms with van der Waals surface area (Å²) in [6.07, 6.45) is 5.32. The fourth-order valence-electron chi connectivity index (χ4n) is 4.27. The number of carbonyl (C=O) groups is 1. The van der Waals surface area contributed by atoms with Gasteiger partial charge in [-0.15, -0.1) is 0 Å². The molecule has 0 atom stereocenters. The summed E-state index contributed by atoms with van der Waals surface area (Å²) in [4.78, 5) is 29.2. The first-order valence-corrected chi connectivity index (χ1v) is 11.5. The number of amides is 1. The lowest BCUT2D eigenvalue weighted by atomic mass is 10.2. The molecule has 0 aliphatic carbocycles. The number of benzene rings is 2. The summed E-state index contributed by atoms with van der Waals surface area (Å²) in [6, 6.07) is 19.8. The highest BCUT2D eigenvalue weighted by atomic mass is 16.5. The first-order valence-electron chi connectivity index (χ1n) is 11.5. The number of piperazine rings is 1. The standard InChI is InChI=1S/C27H27N3O4/c31-25-14-24(18-29-16-22-8-4-5-9-23(22)17-29)33-19-26(25)34-20-27(32)30-12-10-28(11-13-30)15-21-6-2-1-3-7-21/h1-9,14,16-17,19H,10-13,15,18,20H2. The molecule has 1 amide bonds. The first-order chi connectivity index (χ1) is 16.6. The van der Waals surface area contributed by atoms with E-state index in [1.54, 1.807) is 4.90 Å². The first kappa shape index (κ1) is 22.0.